The molecule has 26 heavy (non-hydrogen) atoms. The van der Waals surface area contributed by atoms with Crippen LogP contribution >= 0.6 is 0 Å². The van der Waals surface area contributed by atoms with Gasteiger partial charge in [-0.15, -0.1) is 0 Å². The first-order valence-electron chi connectivity index (χ1n) is 8.35. The second-order valence-corrected chi connectivity index (χ2v) is 8.46. The number of nitrogens with zero attached hydrogens (tertiary/aromatic N) is 3. The minimum atomic E-state index is -3.78. The van der Waals surface area contributed by atoms with Gasteiger partial charge < -0.3 is 5.32 Å². The first-order chi connectivity index (χ1) is 12.2. The Morgan fingerprint density at radius 1 is 1.23 bits per heavy atom. The van der Waals surface area contributed by atoms with E-state index in [1.54, 1.807) is 31.3 Å². The van der Waals surface area contributed by atoms with Gasteiger partial charge in [0.15, 0.2) is 0 Å². The molecule has 0 aliphatic rings. The van der Waals surface area contributed by atoms with Gasteiger partial charge in [0.05, 0.1) is 16.6 Å². The minimum Gasteiger partial charge on any atom is -0.352 e. The van der Waals surface area contributed by atoms with Crippen LogP contribution in [0, 0.1) is 5.92 Å². The monoisotopic (exact) mass is 376 g/mol. The Labute approximate surface area is 154 Å². The Bertz CT molecular complexity index is 854. The summed E-state index contributed by atoms with van der Waals surface area (Å²) in [6.45, 7) is 6.26. The lowest BCUT2D eigenvalue weighted by molar-refractivity contribution is 0.0949. The zero-order valence-electron chi connectivity index (χ0n) is 15.4. The van der Waals surface area contributed by atoms with Gasteiger partial charge in [0, 0.05) is 25.4 Å². The van der Waals surface area contributed by atoms with Crippen LogP contribution in [0.25, 0.3) is 0 Å². The van der Waals surface area contributed by atoms with Gasteiger partial charge >= 0.3 is 0 Å². The summed E-state index contributed by atoms with van der Waals surface area (Å²) in [5.41, 5.74) is 0.909. The summed E-state index contributed by atoms with van der Waals surface area (Å²) in [6.07, 6.45) is 2.95. The maximum atomic E-state index is 12.9. The Morgan fingerprint density at radius 2 is 1.96 bits per heavy atom. The highest BCUT2D eigenvalue weighted by molar-refractivity contribution is 7.89. The standard InChI is InChI=1S/C18H24N4O3S/c1-13(2)11-20-18(23)15-6-5-7-16(10-15)26(24,25)22(4)14(3)17-8-9-19-12-21-17/h5-10,12-14H,11H2,1-4H3,(H,20,23)/t14-/m1/s1. The zero-order chi connectivity index (χ0) is 19.3. The van der Waals surface area contributed by atoms with Crippen LogP contribution in [-0.2, 0) is 10.0 Å². The summed E-state index contributed by atoms with van der Waals surface area (Å²) >= 11 is 0. The van der Waals surface area contributed by atoms with Crippen molar-refractivity contribution in [2.24, 2.45) is 5.92 Å². The molecule has 1 aromatic carbocycles. The van der Waals surface area contributed by atoms with Crippen molar-refractivity contribution in [2.45, 2.75) is 31.7 Å². The molecule has 2 rings (SSSR count). The molecular formula is C18H24N4O3S. The van der Waals surface area contributed by atoms with E-state index in [4.69, 9.17) is 0 Å². The lowest BCUT2D eigenvalue weighted by Gasteiger charge is -2.24. The summed E-state index contributed by atoms with van der Waals surface area (Å²) in [7, 11) is -2.29. The molecule has 0 fully saturated rings. The lowest BCUT2D eigenvalue weighted by Crippen LogP contribution is -2.31. The second kappa shape index (κ2) is 8.37. The maximum absolute atomic E-state index is 12.9. The number of benzene rings is 1. The van der Waals surface area contributed by atoms with Gasteiger partial charge in [0.25, 0.3) is 5.91 Å². The van der Waals surface area contributed by atoms with Crippen LogP contribution < -0.4 is 5.32 Å². The number of nitrogens with one attached hydrogen (secondary N) is 1. The Balaban J connectivity index is 2.26. The summed E-state index contributed by atoms with van der Waals surface area (Å²) in [6, 6.07) is 7.25. The quantitative estimate of drug-likeness (QED) is 0.800. The van der Waals surface area contributed by atoms with Crippen LogP contribution in [-0.4, -0.2) is 42.2 Å². The summed E-state index contributed by atoms with van der Waals surface area (Å²) in [5.74, 6) is 0.0213. The molecule has 2 aromatic rings. The number of rotatable bonds is 7. The molecule has 0 aliphatic heterocycles. The number of carbonyl (C=O) groups excluding carboxylic acids is 1. The Morgan fingerprint density at radius 3 is 2.58 bits per heavy atom. The van der Waals surface area contributed by atoms with Crippen LogP contribution in [0.1, 0.15) is 42.9 Å². The molecule has 0 bridgehead atoms. The van der Waals surface area contributed by atoms with E-state index in [1.807, 2.05) is 13.8 Å². The topological polar surface area (TPSA) is 92.3 Å². The molecule has 1 N–H and O–H groups in total. The van der Waals surface area contributed by atoms with E-state index >= 15 is 0 Å². The Hall–Kier alpha value is -2.32. The third kappa shape index (κ3) is 4.64. The fourth-order valence-electron chi connectivity index (χ4n) is 2.31. The van der Waals surface area contributed by atoms with E-state index in [1.165, 1.54) is 29.8 Å². The van der Waals surface area contributed by atoms with Gasteiger partial charge in [-0.25, -0.2) is 18.4 Å². The van der Waals surface area contributed by atoms with Gasteiger partial charge in [-0.05, 0) is 37.1 Å². The van der Waals surface area contributed by atoms with Crippen molar-refractivity contribution in [2.75, 3.05) is 13.6 Å². The average molecular weight is 376 g/mol. The molecule has 1 amide bonds. The number of hydrogen-bond acceptors (Lipinski definition) is 5. The van der Waals surface area contributed by atoms with Gasteiger partial charge in [-0.2, -0.15) is 4.31 Å². The Kier molecular flexibility index (Phi) is 6.44. The van der Waals surface area contributed by atoms with Crippen LogP contribution in [0.3, 0.4) is 0 Å². The van der Waals surface area contributed by atoms with Crippen molar-refractivity contribution in [3.05, 3.63) is 54.1 Å². The molecule has 0 radical (unpaired) electrons. The van der Waals surface area contributed by atoms with Crippen molar-refractivity contribution < 1.29 is 13.2 Å². The highest BCUT2D eigenvalue weighted by Crippen LogP contribution is 2.24. The van der Waals surface area contributed by atoms with Crippen LogP contribution in [0.5, 0.6) is 0 Å². The van der Waals surface area contributed by atoms with E-state index in [9.17, 15) is 13.2 Å². The summed E-state index contributed by atoms with van der Waals surface area (Å²) in [4.78, 5) is 20.2. The van der Waals surface area contributed by atoms with Gasteiger partial charge in [0.1, 0.15) is 6.33 Å². The number of carbonyl (C=O) groups is 1. The molecule has 140 valence electrons. The second-order valence-electron chi connectivity index (χ2n) is 6.46. The van der Waals surface area contributed by atoms with Crippen LogP contribution in [0.2, 0.25) is 0 Å². The fraction of sp³-hybridized carbons (Fsp3) is 0.389. The molecule has 1 aromatic heterocycles. The van der Waals surface area contributed by atoms with Crippen molar-refractivity contribution >= 4 is 15.9 Å². The predicted molar refractivity (Wildman–Crippen MR) is 99.0 cm³/mol. The van der Waals surface area contributed by atoms with E-state index < -0.39 is 16.1 Å². The van der Waals surface area contributed by atoms with Crippen molar-refractivity contribution in [1.82, 2.24) is 19.6 Å². The number of aromatic nitrogens is 2. The third-order valence-corrected chi connectivity index (χ3v) is 5.95. The molecule has 0 unspecified atom stereocenters. The van der Waals surface area contributed by atoms with E-state index in [-0.39, 0.29) is 10.8 Å². The molecule has 0 saturated heterocycles. The first kappa shape index (κ1) is 20.0. The van der Waals surface area contributed by atoms with Crippen molar-refractivity contribution in [1.29, 1.82) is 0 Å². The van der Waals surface area contributed by atoms with E-state index in [0.717, 1.165) is 0 Å². The number of hydrogen-bond donors (Lipinski definition) is 1. The average Bonchev–Trinajstić information content (AvgIpc) is 2.65. The predicted octanol–water partition coefficient (Wildman–Crippen LogP) is 2.24. The molecule has 0 saturated carbocycles. The molecular weight excluding hydrogens is 352 g/mol. The lowest BCUT2D eigenvalue weighted by atomic mass is 10.2. The van der Waals surface area contributed by atoms with Crippen LogP contribution in [0.15, 0.2) is 47.8 Å². The number of sulfonamides is 1. The molecule has 8 heteroatoms. The molecule has 0 spiro atoms. The maximum Gasteiger partial charge on any atom is 0.251 e. The molecule has 7 nitrogen and oxygen atoms in total. The summed E-state index contributed by atoms with van der Waals surface area (Å²) in [5, 5.41) is 2.79. The van der Waals surface area contributed by atoms with E-state index in [0.29, 0.717) is 23.7 Å². The molecule has 1 heterocycles. The SMILES string of the molecule is CC(C)CNC(=O)c1cccc(S(=O)(=O)N(C)[C@H](C)c2ccncn2)c1. The number of amides is 1. The minimum absolute atomic E-state index is 0.0677. The summed E-state index contributed by atoms with van der Waals surface area (Å²) < 4.78 is 27.1. The zero-order valence-corrected chi connectivity index (χ0v) is 16.2. The van der Waals surface area contributed by atoms with Gasteiger partial charge in [0.2, 0.25) is 10.0 Å². The normalized spacial score (nSPS) is 13.0. The smallest absolute Gasteiger partial charge is 0.251 e. The van der Waals surface area contributed by atoms with Crippen molar-refractivity contribution in [3.63, 3.8) is 0 Å². The van der Waals surface area contributed by atoms with Crippen molar-refractivity contribution in [3.8, 4) is 0 Å². The van der Waals surface area contributed by atoms with E-state index in [2.05, 4.69) is 15.3 Å². The highest BCUT2D eigenvalue weighted by atomic mass is 32.2. The molecule has 0 aliphatic carbocycles. The first-order valence-corrected chi connectivity index (χ1v) is 9.79. The van der Waals surface area contributed by atoms with Crippen LogP contribution in [0.4, 0.5) is 0 Å². The van der Waals surface area contributed by atoms with Gasteiger partial charge in [-0.1, -0.05) is 19.9 Å². The largest absolute Gasteiger partial charge is 0.352 e. The molecule has 1 atom stereocenters. The highest BCUT2D eigenvalue weighted by Gasteiger charge is 2.27. The van der Waals surface area contributed by atoms with Gasteiger partial charge in [-0.3, -0.25) is 4.79 Å². The third-order valence-electron chi connectivity index (χ3n) is 4.02. The fourth-order valence-corrected chi connectivity index (χ4v) is 3.69.